The van der Waals surface area contributed by atoms with Crippen LogP contribution < -0.4 is 5.73 Å². The molecule has 0 aliphatic rings. The van der Waals surface area contributed by atoms with Crippen LogP contribution in [0.15, 0.2) is 30.6 Å². The van der Waals surface area contributed by atoms with Crippen molar-refractivity contribution in [2.75, 3.05) is 0 Å². The Morgan fingerprint density at radius 2 is 2.31 bits per heavy atom. The zero-order valence-electron chi connectivity index (χ0n) is 8.92. The van der Waals surface area contributed by atoms with Gasteiger partial charge in [-0.3, -0.25) is 0 Å². The molecule has 82 valence electrons. The van der Waals surface area contributed by atoms with Crippen LogP contribution in [0.2, 0.25) is 0 Å². The fourth-order valence-electron chi connectivity index (χ4n) is 1.48. The quantitative estimate of drug-likeness (QED) is 0.810. The fourth-order valence-corrected chi connectivity index (χ4v) is 1.57. The van der Waals surface area contributed by atoms with Gasteiger partial charge in [-0.25, -0.2) is 9.67 Å². The van der Waals surface area contributed by atoms with Crippen molar-refractivity contribution >= 4 is 17.2 Å². The standard InChI is InChI=1S/C11H12N4S/c1-8-3-2-4-9(5-8)6-15-7-13-11(14-15)10(12)16/h2-5,7H,6H2,1H3,(H2,12,16). The summed E-state index contributed by atoms with van der Waals surface area (Å²) in [5.74, 6) is 0.419. The maximum absolute atomic E-state index is 5.44. The molecule has 0 unspecified atom stereocenters. The van der Waals surface area contributed by atoms with Crippen molar-refractivity contribution in [1.29, 1.82) is 0 Å². The van der Waals surface area contributed by atoms with Gasteiger partial charge in [0.1, 0.15) is 11.3 Å². The number of rotatable bonds is 3. The van der Waals surface area contributed by atoms with E-state index < -0.39 is 0 Å². The molecule has 0 fully saturated rings. The predicted octanol–water partition coefficient (Wildman–Crippen LogP) is 1.27. The lowest BCUT2D eigenvalue weighted by Gasteiger charge is -2.01. The minimum absolute atomic E-state index is 0.225. The van der Waals surface area contributed by atoms with Gasteiger partial charge in [0.2, 0.25) is 5.82 Å². The van der Waals surface area contributed by atoms with E-state index in [0.29, 0.717) is 12.4 Å². The minimum atomic E-state index is 0.225. The molecule has 0 aliphatic carbocycles. The van der Waals surface area contributed by atoms with E-state index in [0.717, 1.165) is 0 Å². The average Bonchev–Trinajstić information content (AvgIpc) is 2.66. The van der Waals surface area contributed by atoms with Crippen molar-refractivity contribution < 1.29 is 0 Å². The van der Waals surface area contributed by atoms with Crippen LogP contribution in [0.5, 0.6) is 0 Å². The van der Waals surface area contributed by atoms with E-state index in [1.807, 2.05) is 6.07 Å². The molecule has 0 saturated carbocycles. The highest BCUT2D eigenvalue weighted by Crippen LogP contribution is 2.05. The topological polar surface area (TPSA) is 56.7 Å². The average molecular weight is 232 g/mol. The molecule has 1 aromatic carbocycles. The Balaban J connectivity index is 2.17. The molecule has 4 nitrogen and oxygen atoms in total. The maximum Gasteiger partial charge on any atom is 0.208 e. The van der Waals surface area contributed by atoms with Crippen LogP contribution in [0, 0.1) is 6.92 Å². The lowest BCUT2D eigenvalue weighted by atomic mass is 10.1. The third-order valence-electron chi connectivity index (χ3n) is 2.18. The van der Waals surface area contributed by atoms with Gasteiger partial charge >= 0.3 is 0 Å². The molecule has 0 radical (unpaired) electrons. The Labute approximate surface area is 99.1 Å². The second-order valence-corrected chi connectivity index (χ2v) is 4.06. The second-order valence-electron chi connectivity index (χ2n) is 3.62. The predicted molar refractivity (Wildman–Crippen MR) is 66.2 cm³/mol. The Kier molecular flexibility index (Phi) is 2.96. The largest absolute Gasteiger partial charge is 0.387 e. The lowest BCUT2D eigenvalue weighted by molar-refractivity contribution is 0.683. The summed E-state index contributed by atoms with van der Waals surface area (Å²) in [5, 5.41) is 4.17. The van der Waals surface area contributed by atoms with E-state index in [9.17, 15) is 0 Å². The van der Waals surface area contributed by atoms with E-state index in [2.05, 4.69) is 35.2 Å². The first-order chi connectivity index (χ1) is 7.65. The van der Waals surface area contributed by atoms with Crippen LogP contribution in [0.3, 0.4) is 0 Å². The molecule has 5 heteroatoms. The fraction of sp³-hybridized carbons (Fsp3) is 0.182. The van der Waals surface area contributed by atoms with E-state index in [4.69, 9.17) is 18.0 Å². The van der Waals surface area contributed by atoms with Crippen LogP contribution in [-0.2, 0) is 6.54 Å². The molecule has 1 aromatic heterocycles. The molecule has 16 heavy (non-hydrogen) atoms. The molecule has 0 amide bonds. The molecule has 0 saturated heterocycles. The smallest absolute Gasteiger partial charge is 0.208 e. The molecule has 2 rings (SSSR count). The van der Waals surface area contributed by atoms with Crippen LogP contribution in [-0.4, -0.2) is 19.8 Å². The summed E-state index contributed by atoms with van der Waals surface area (Å²) in [6.07, 6.45) is 1.64. The number of thiocarbonyl (C=S) groups is 1. The number of hydrogen-bond donors (Lipinski definition) is 1. The SMILES string of the molecule is Cc1cccc(Cn2cnc(C(N)=S)n2)c1. The van der Waals surface area contributed by atoms with E-state index in [1.165, 1.54) is 11.1 Å². The first kappa shape index (κ1) is 10.8. The van der Waals surface area contributed by atoms with Crippen LogP contribution >= 0.6 is 12.2 Å². The van der Waals surface area contributed by atoms with Crippen molar-refractivity contribution in [2.45, 2.75) is 13.5 Å². The van der Waals surface area contributed by atoms with Gasteiger partial charge in [0.25, 0.3) is 0 Å². The molecule has 0 aliphatic heterocycles. The summed E-state index contributed by atoms with van der Waals surface area (Å²) in [4.78, 5) is 4.24. The molecule has 2 aromatic rings. The van der Waals surface area contributed by atoms with Gasteiger partial charge in [0, 0.05) is 0 Å². The molecule has 2 N–H and O–H groups in total. The summed E-state index contributed by atoms with van der Waals surface area (Å²) >= 11 is 4.80. The number of nitrogens with zero attached hydrogens (tertiary/aromatic N) is 3. The maximum atomic E-state index is 5.44. The number of aromatic nitrogens is 3. The van der Waals surface area contributed by atoms with Gasteiger partial charge in [0.15, 0.2) is 0 Å². The van der Waals surface area contributed by atoms with E-state index in [1.54, 1.807) is 11.0 Å². The molecule has 0 bridgehead atoms. The van der Waals surface area contributed by atoms with E-state index in [-0.39, 0.29) is 4.99 Å². The monoisotopic (exact) mass is 232 g/mol. The Bertz CT molecular complexity index is 518. The van der Waals surface area contributed by atoms with Crippen molar-refractivity contribution in [3.8, 4) is 0 Å². The van der Waals surface area contributed by atoms with Crippen molar-refractivity contribution in [3.63, 3.8) is 0 Å². The number of aryl methyl sites for hydroxylation is 1. The van der Waals surface area contributed by atoms with Crippen molar-refractivity contribution in [1.82, 2.24) is 14.8 Å². The summed E-state index contributed by atoms with van der Waals surface area (Å²) in [5.41, 5.74) is 7.85. The first-order valence-corrected chi connectivity index (χ1v) is 5.31. The highest BCUT2D eigenvalue weighted by atomic mass is 32.1. The zero-order valence-corrected chi connectivity index (χ0v) is 9.74. The van der Waals surface area contributed by atoms with Crippen molar-refractivity contribution in [3.05, 3.63) is 47.5 Å². The highest BCUT2D eigenvalue weighted by molar-refractivity contribution is 7.80. The van der Waals surface area contributed by atoms with Gasteiger partial charge in [-0.2, -0.15) is 0 Å². The van der Waals surface area contributed by atoms with Crippen molar-refractivity contribution in [2.24, 2.45) is 5.73 Å². The Hall–Kier alpha value is -1.75. The van der Waals surface area contributed by atoms with Gasteiger partial charge in [0.05, 0.1) is 6.54 Å². The molecular weight excluding hydrogens is 220 g/mol. The Morgan fingerprint density at radius 1 is 1.50 bits per heavy atom. The van der Waals surface area contributed by atoms with Gasteiger partial charge in [-0.1, -0.05) is 42.0 Å². The summed E-state index contributed by atoms with van der Waals surface area (Å²) < 4.78 is 1.73. The number of nitrogens with two attached hydrogens (primary N) is 1. The zero-order chi connectivity index (χ0) is 11.5. The lowest BCUT2D eigenvalue weighted by Crippen LogP contribution is -2.12. The summed E-state index contributed by atoms with van der Waals surface area (Å²) in [6, 6.07) is 8.25. The van der Waals surface area contributed by atoms with Gasteiger partial charge < -0.3 is 5.73 Å². The van der Waals surface area contributed by atoms with Crippen LogP contribution in [0.1, 0.15) is 17.0 Å². The minimum Gasteiger partial charge on any atom is -0.387 e. The van der Waals surface area contributed by atoms with Gasteiger partial charge in [-0.05, 0) is 12.5 Å². The van der Waals surface area contributed by atoms with Crippen LogP contribution in [0.25, 0.3) is 0 Å². The molecule has 0 spiro atoms. The van der Waals surface area contributed by atoms with E-state index >= 15 is 0 Å². The molecule has 0 atom stereocenters. The Morgan fingerprint density at radius 3 is 2.94 bits per heavy atom. The second kappa shape index (κ2) is 4.40. The first-order valence-electron chi connectivity index (χ1n) is 4.90. The van der Waals surface area contributed by atoms with Gasteiger partial charge in [-0.15, -0.1) is 5.10 Å². The normalized spacial score (nSPS) is 10.3. The van der Waals surface area contributed by atoms with Crippen LogP contribution in [0.4, 0.5) is 0 Å². The third-order valence-corrected chi connectivity index (χ3v) is 2.37. The third kappa shape index (κ3) is 2.43. The number of hydrogen-bond acceptors (Lipinski definition) is 3. The molecular formula is C11H12N4S. The number of benzene rings is 1. The summed E-state index contributed by atoms with van der Waals surface area (Å²) in [6.45, 7) is 2.74. The summed E-state index contributed by atoms with van der Waals surface area (Å²) in [7, 11) is 0. The molecule has 1 heterocycles. The highest BCUT2D eigenvalue weighted by Gasteiger charge is 2.03.